The van der Waals surface area contributed by atoms with E-state index in [-0.39, 0.29) is 12.0 Å². The van der Waals surface area contributed by atoms with E-state index in [1.165, 1.54) is 0 Å². The molecule has 0 bridgehead atoms. The van der Waals surface area contributed by atoms with Crippen molar-refractivity contribution in [1.82, 2.24) is 44.7 Å². The quantitative estimate of drug-likeness (QED) is 0.143. The molecule has 2 fully saturated rings. The number of likely N-dealkylation sites (tertiary alicyclic amines) is 2. The second-order valence-corrected chi connectivity index (χ2v) is 15.1. The molecule has 14 heteroatoms. The number of ether oxygens (including phenoxy) is 1. The second-order valence-electron chi connectivity index (χ2n) is 15.1. The number of hydrogen-bond acceptors (Lipinski definition) is 9. The van der Waals surface area contributed by atoms with Gasteiger partial charge in [-0.15, -0.1) is 0 Å². The molecule has 7 rings (SSSR count). The summed E-state index contributed by atoms with van der Waals surface area (Å²) in [6.07, 6.45) is 9.11. The Balaban J connectivity index is 0.929. The van der Waals surface area contributed by atoms with Gasteiger partial charge in [-0.1, -0.05) is 6.92 Å². The summed E-state index contributed by atoms with van der Waals surface area (Å²) < 4.78 is 22.6. The van der Waals surface area contributed by atoms with Crippen molar-refractivity contribution in [3.8, 4) is 22.5 Å². The van der Waals surface area contributed by atoms with Gasteiger partial charge < -0.3 is 25.2 Å². The van der Waals surface area contributed by atoms with E-state index < -0.39 is 11.5 Å². The van der Waals surface area contributed by atoms with Crippen LogP contribution in [0.25, 0.3) is 28.2 Å². The number of carbonyl (C=O) groups excluding carboxylic acids is 2. The van der Waals surface area contributed by atoms with E-state index in [1.54, 1.807) is 46.2 Å². The molecule has 6 heterocycles. The van der Waals surface area contributed by atoms with Crippen LogP contribution in [0.2, 0.25) is 0 Å². The number of aromatic amines is 1. The van der Waals surface area contributed by atoms with Gasteiger partial charge in [0.15, 0.2) is 11.5 Å². The fraction of sp³-hybridized carbons (Fsp3) is 0.436. The van der Waals surface area contributed by atoms with Crippen LogP contribution in [0.15, 0.2) is 55.1 Å². The third-order valence-corrected chi connectivity index (χ3v) is 10.0. The van der Waals surface area contributed by atoms with E-state index in [9.17, 15) is 9.59 Å². The number of aryl methyl sites for hydroxylation is 2. The molecule has 0 saturated carbocycles. The molecule has 1 aromatic carbocycles. The molecule has 278 valence electrons. The lowest BCUT2D eigenvalue weighted by Crippen LogP contribution is -2.55. The Morgan fingerprint density at radius 2 is 1.83 bits per heavy atom. The summed E-state index contributed by atoms with van der Waals surface area (Å²) in [7, 11) is 0. The van der Waals surface area contributed by atoms with E-state index in [0.29, 0.717) is 58.8 Å². The van der Waals surface area contributed by atoms with Crippen molar-refractivity contribution in [2.75, 3.05) is 44.6 Å². The van der Waals surface area contributed by atoms with Crippen molar-refractivity contribution in [2.45, 2.75) is 59.5 Å². The second kappa shape index (κ2) is 14.9. The third kappa shape index (κ3) is 8.02. The largest absolute Gasteiger partial charge is 0.444 e. The third-order valence-electron chi connectivity index (χ3n) is 10.0. The van der Waals surface area contributed by atoms with E-state index >= 15 is 4.39 Å². The molecule has 3 N–H and O–H groups in total. The van der Waals surface area contributed by atoms with E-state index in [1.807, 2.05) is 52.8 Å². The number of hydrogen-bond donors (Lipinski definition) is 3. The highest BCUT2D eigenvalue weighted by Gasteiger charge is 2.35. The van der Waals surface area contributed by atoms with Gasteiger partial charge in [0.05, 0.1) is 29.3 Å². The smallest absolute Gasteiger partial charge is 0.410 e. The molecular formula is C39H47FN10O3. The number of nitrogens with one attached hydrogen (secondary N) is 3. The molecule has 13 nitrogen and oxygen atoms in total. The average molecular weight is 723 g/mol. The zero-order valence-corrected chi connectivity index (χ0v) is 30.9. The van der Waals surface area contributed by atoms with Crippen LogP contribution in [-0.4, -0.2) is 96.2 Å². The van der Waals surface area contributed by atoms with Gasteiger partial charge >= 0.3 is 6.09 Å². The number of pyridine rings is 1. The van der Waals surface area contributed by atoms with Crippen LogP contribution in [-0.2, 0) is 11.2 Å². The van der Waals surface area contributed by atoms with Crippen LogP contribution in [0.3, 0.4) is 0 Å². The molecule has 2 amide bonds. The Labute approximate surface area is 308 Å². The van der Waals surface area contributed by atoms with Gasteiger partial charge in [0, 0.05) is 67.0 Å². The van der Waals surface area contributed by atoms with Crippen LogP contribution in [0.5, 0.6) is 0 Å². The van der Waals surface area contributed by atoms with Crippen molar-refractivity contribution in [1.29, 1.82) is 0 Å². The summed E-state index contributed by atoms with van der Waals surface area (Å²) >= 11 is 0. The van der Waals surface area contributed by atoms with Gasteiger partial charge in [0.2, 0.25) is 5.95 Å². The molecule has 0 spiro atoms. The van der Waals surface area contributed by atoms with Gasteiger partial charge in [-0.2, -0.15) is 9.49 Å². The van der Waals surface area contributed by atoms with Crippen molar-refractivity contribution in [3.05, 3.63) is 77.9 Å². The molecule has 0 unspecified atom stereocenters. The highest BCUT2D eigenvalue weighted by Crippen LogP contribution is 2.30. The van der Waals surface area contributed by atoms with E-state index in [0.717, 1.165) is 68.1 Å². The van der Waals surface area contributed by atoms with Gasteiger partial charge in [0.1, 0.15) is 5.60 Å². The number of amides is 2. The number of imidazole rings is 1. The number of carbonyl (C=O) groups is 2. The minimum Gasteiger partial charge on any atom is -0.444 e. The first kappa shape index (κ1) is 36.0. The van der Waals surface area contributed by atoms with Crippen LogP contribution in [0, 0.1) is 24.7 Å². The standard InChI is InChI=1S/C39H47FN10O3/c1-6-27-17-28(45-35-36-42-20-33(50(36)16-13-41-35)30-9-10-32(46-34(30)40)31-19-44-47-24(31)2)7-8-29(27)37(51)43-18-25-11-14-48(15-12-25)21-26-22-49(23-26)38(52)53-39(3,4)5/h7-10,13,16-17,19-20,25-26H,6,11-12,14-15,18,21-23H2,1-5H3,(H,41,45)(H,43,51)(H,44,47). The van der Waals surface area contributed by atoms with Crippen LogP contribution in [0.4, 0.5) is 20.7 Å². The van der Waals surface area contributed by atoms with Crippen LogP contribution < -0.4 is 10.6 Å². The summed E-state index contributed by atoms with van der Waals surface area (Å²) in [4.78, 5) is 43.1. The molecule has 5 aromatic rings. The zero-order chi connectivity index (χ0) is 37.3. The Morgan fingerprint density at radius 1 is 1.04 bits per heavy atom. The van der Waals surface area contributed by atoms with Crippen molar-refractivity contribution in [2.24, 2.45) is 11.8 Å². The number of nitrogens with zero attached hydrogens (tertiary/aromatic N) is 7. The lowest BCUT2D eigenvalue weighted by molar-refractivity contribution is -0.00806. The number of H-pyrrole nitrogens is 1. The molecule has 4 aromatic heterocycles. The van der Waals surface area contributed by atoms with Gasteiger partial charge in [-0.25, -0.2) is 19.7 Å². The Hall–Kier alpha value is -5.37. The molecule has 2 aliphatic rings. The summed E-state index contributed by atoms with van der Waals surface area (Å²) in [6.45, 7) is 14.7. The molecule has 0 atom stereocenters. The number of rotatable bonds is 10. The van der Waals surface area contributed by atoms with Gasteiger partial charge in [-0.3, -0.25) is 14.3 Å². The maximum Gasteiger partial charge on any atom is 0.410 e. The Bertz CT molecular complexity index is 2110. The number of fused-ring (bicyclic) bond motifs is 1. The molecular weight excluding hydrogens is 675 g/mol. The number of benzene rings is 1. The molecule has 53 heavy (non-hydrogen) atoms. The van der Waals surface area contributed by atoms with Crippen molar-refractivity contribution < 1.29 is 18.7 Å². The number of aromatic nitrogens is 6. The summed E-state index contributed by atoms with van der Waals surface area (Å²) in [5.74, 6) is 0.723. The highest BCUT2D eigenvalue weighted by atomic mass is 19.1. The number of anilines is 2. The van der Waals surface area contributed by atoms with Gasteiger partial charge in [0.25, 0.3) is 5.91 Å². The SMILES string of the molecule is CCc1cc(Nc2nccn3c(-c4ccc(-c5cn[nH]c5C)nc4F)cnc23)ccc1C(=O)NCC1CCN(CC2CN(C(=O)OC(C)(C)C)C2)CC1. The topological polar surface area (TPSA) is 146 Å². The number of piperidine rings is 1. The van der Waals surface area contributed by atoms with Crippen LogP contribution in [0.1, 0.15) is 62.2 Å². The summed E-state index contributed by atoms with van der Waals surface area (Å²) in [5, 5.41) is 13.4. The first-order chi connectivity index (χ1) is 25.5. The maximum absolute atomic E-state index is 15.3. The van der Waals surface area contributed by atoms with Crippen LogP contribution >= 0.6 is 0 Å². The first-order valence-corrected chi connectivity index (χ1v) is 18.3. The van der Waals surface area contributed by atoms with Gasteiger partial charge in [-0.05, 0) is 102 Å². The average Bonchev–Trinajstić information content (AvgIpc) is 3.75. The predicted octanol–water partition coefficient (Wildman–Crippen LogP) is 6.24. The maximum atomic E-state index is 15.3. The van der Waals surface area contributed by atoms with Crippen molar-refractivity contribution >= 4 is 29.2 Å². The molecule has 2 saturated heterocycles. The minimum atomic E-state index is -0.610. The fourth-order valence-corrected chi connectivity index (χ4v) is 7.14. The van der Waals surface area contributed by atoms with E-state index in [4.69, 9.17) is 4.74 Å². The fourth-order valence-electron chi connectivity index (χ4n) is 7.14. The normalized spacial score (nSPS) is 15.8. The van der Waals surface area contributed by atoms with Crippen molar-refractivity contribution in [3.63, 3.8) is 0 Å². The Morgan fingerprint density at radius 3 is 2.53 bits per heavy atom. The number of halogens is 1. The Kier molecular flexibility index (Phi) is 10.1. The monoisotopic (exact) mass is 722 g/mol. The zero-order valence-electron chi connectivity index (χ0n) is 30.9. The molecule has 0 aliphatic carbocycles. The lowest BCUT2D eigenvalue weighted by atomic mass is 9.94. The van der Waals surface area contributed by atoms with E-state index in [2.05, 4.69) is 40.7 Å². The minimum absolute atomic E-state index is 0.0738. The lowest BCUT2D eigenvalue weighted by Gasteiger charge is -2.43. The summed E-state index contributed by atoms with van der Waals surface area (Å²) in [5.41, 5.74) is 5.30. The summed E-state index contributed by atoms with van der Waals surface area (Å²) in [6, 6.07) is 9.14. The first-order valence-electron chi connectivity index (χ1n) is 18.3. The molecule has 0 radical (unpaired) electrons. The highest BCUT2D eigenvalue weighted by molar-refractivity contribution is 5.96. The molecule has 2 aliphatic heterocycles. The predicted molar refractivity (Wildman–Crippen MR) is 200 cm³/mol.